The summed E-state index contributed by atoms with van der Waals surface area (Å²) in [5.41, 5.74) is 9.48. The zero-order chi connectivity index (χ0) is 14.8. The first-order valence-corrected chi connectivity index (χ1v) is 8.21. The summed E-state index contributed by atoms with van der Waals surface area (Å²) >= 11 is 0. The van der Waals surface area contributed by atoms with E-state index in [1.807, 2.05) is 0 Å². The molecule has 1 atom stereocenters. The number of rotatable bonds is 3. The van der Waals surface area contributed by atoms with Crippen molar-refractivity contribution in [2.24, 2.45) is 17.6 Å². The Bertz CT molecular complexity index is 404. The van der Waals surface area contributed by atoms with Gasteiger partial charge in [-0.2, -0.15) is 0 Å². The van der Waals surface area contributed by atoms with Crippen molar-refractivity contribution in [3.8, 4) is 0 Å². The Morgan fingerprint density at radius 3 is 2.10 bits per heavy atom. The predicted octanol–water partition coefficient (Wildman–Crippen LogP) is 4.68. The third-order valence-corrected chi connectivity index (χ3v) is 4.96. The summed E-state index contributed by atoms with van der Waals surface area (Å²) < 4.78 is 0. The van der Waals surface area contributed by atoms with E-state index in [-0.39, 0.29) is 5.41 Å². The molecular weight excluding hydrogens is 242 g/mol. The van der Waals surface area contributed by atoms with Crippen LogP contribution < -0.4 is 5.73 Å². The van der Waals surface area contributed by atoms with Crippen LogP contribution in [0, 0.1) is 11.8 Å². The molecule has 1 fully saturated rings. The number of benzene rings is 1. The quantitative estimate of drug-likeness (QED) is 0.850. The van der Waals surface area contributed by atoms with E-state index in [9.17, 15) is 0 Å². The van der Waals surface area contributed by atoms with Crippen LogP contribution >= 0.6 is 0 Å². The standard InChI is InChI=1S/C19H31N/c1-14-5-9-16(10-6-14)18(20)13-15-7-11-17(12-8-15)19(2,3)4/h7-8,11-12,14,16,18H,5-6,9-10,13,20H2,1-4H3. The molecule has 20 heavy (non-hydrogen) atoms. The molecule has 2 N–H and O–H groups in total. The summed E-state index contributed by atoms with van der Waals surface area (Å²) in [5, 5.41) is 0. The minimum absolute atomic E-state index is 0.236. The minimum Gasteiger partial charge on any atom is -0.327 e. The summed E-state index contributed by atoms with van der Waals surface area (Å²) in [6.07, 6.45) is 6.40. The largest absolute Gasteiger partial charge is 0.327 e. The highest BCUT2D eigenvalue weighted by Crippen LogP contribution is 2.31. The van der Waals surface area contributed by atoms with Crippen LogP contribution in [0.1, 0.15) is 64.5 Å². The molecule has 1 aliphatic rings. The fourth-order valence-electron chi connectivity index (χ4n) is 3.29. The molecule has 0 bridgehead atoms. The van der Waals surface area contributed by atoms with Gasteiger partial charge in [0.2, 0.25) is 0 Å². The SMILES string of the molecule is CC1CCC(C(N)Cc2ccc(C(C)(C)C)cc2)CC1. The highest BCUT2D eigenvalue weighted by Gasteiger charge is 2.23. The Morgan fingerprint density at radius 1 is 1.05 bits per heavy atom. The van der Waals surface area contributed by atoms with E-state index >= 15 is 0 Å². The van der Waals surface area contributed by atoms with Gasteiger partial charge in [-0.05, 0) is 47.6 Å². The van der Waals surface area contributed by atoms with Crippen molar-refractivity contribution in [1.82, 2.24) is 0 Å². The fourth-order valence-corrected chi connectivity index (χ4v) is 3.29. The monoisotopic (exact) mass is 273 g/mol. The lowest BCUT2D eigenvalue weighted by molar-refractivity contribution is 0.253. The first-order chi connectivity index (χ1) is 9.36. The van der Waals surface area contributed by atoms with Crippen LogP contribution in [0.25, 0.3) is 0 Å². The van der Waals surface area contributed by atoms with Gasteiger partial charge in [0, 0.05) is 6.04 Å². The highest BCUT2D eigenvalue weighted by atomic mass is 14.6. The lowest BCUT2D eigenvalue weighted by Crippen LogP contribution is -2.34. The van der Waals surface area contributed by atoms with E-state index in [2.05, 4.69) is 52.0 Å². The second-order valence-electron chi connectivity index (χ2n) is 7.83. The van der Waals surface area contributed by atoms with Gasteiger partial charge in [0.15, 0.2) is 0 Å². The van der Waals surface area contributed by atoms with Crippen molar-refractivity contribution in [2.45, 2.75) is 71.3 Å². The van der Waals surface area contributed by atoms with Gasteiger partial charge in [0.1, 0.15) is 0 Å². The minimum atomic E-state index is 0.236. The van der Waals surface area contributed by atoms with E-state index in [1.165, 1.54) is 36.8 Å². The zero-order valence-corrected chi connectivity index (χ0v) is 13.7. The Labute approximate surface area is 125 Å². The van der Waals surface area contributed by atoms with Crippen LogP contribution in [-0.2, 0) is 11.8 Å². The Balaban J connectivity index is 1.93. The molecule has 1 aromatic rings. The summed E-state index contributed by atoms with van der Waals surface area (Å²) in [5.74, 6) is 1.64. The lowest BCUT2D eigenvalue weighted by Gasteiger charge is -2.30. The second kappa shape index (κ2) is 6.30. The molecular formula is C19H31N. The van der Waals surface area contributed by atoms with Crippen molar-refractivity contribution >= 4 is 0 Å². The van der Waals surface area contributed by atoms with Crippen molar-refractivity contribution in [1.29, 1.82) is 0 Å². The van der Waals surface area contributed by atoms with Gasteiger partial charge in [-0.3, -0.25) is 0 Å². The van der Waals surface area contributed by atoms with Crippen LogP contribution in [0.5, 0.6) is 0 Å². The van der Waals surface area contributed by atoms with Crippen LogP contribution in [-0.4, -0.2) is 6.04 Å². The van der Waals surface area contributed by atoms with Gasteiger partial charge in [0.05, 0.1) is 0 Å². The maximum Gasteiger partial charge on any atom is 0.0108 e. The van der Waals surface area contributed by atoms with Crippen LogP contribution in [0.3, 0.4) is 0 Å². The van der Waals surface area contributed by atoms with E-state index in [4.69, 9.17) is 5.73 Å². The number of nitrogens with two attached hydrogens (primary N) is 1. The van der Waals surface area contributed by atoms with E-state index in [0.29, 0.717) is 6.04 Å². The van der Waals surface area contributed by atoms with Crippen LogP contribution in [0.15, 0.2) is 24.3 Å². The molecule has 0 heterocycles. The van der Waals surface area contributed by atoms with Crippen LogP contribution in [0.2, 0.25) is 0 Å². The molecule has 0 aliphatic heterocycles. The fraction of sp³-hybridized carbons (Fsp3) is 0.684. The molecule has 1 saturated carbocycles. The molecule has 1 heteroatoms. The average Bonchev–Trinajstić information content (AvgIpc) is 2.39. The highest BCUT2D eigenvalue weighted by molar-refractivity contribution is 5.28. The normalized spacial score (nSPS) is 25.4. The molecule has 1 aliphatic carbocycles. The molecule has 112 valence electrons. The Morgan fingerprint density at radius 2 is 1.60 bits per heavy atom. The van der Waals surface area contributed by atoms with Gasteiger partial charge in [-0.15, -0.1) is 0 Å². The molecule has 1 unspecified atom stereocenters. The second-order valence-corrected chi connectivity index (χ2v) is 7.83. The summed E-state index contributed by atoms with van der Waals surface area (Å²) in [7, 11) is 0. The first kappa shape index (κ1) is 15.6. The van der Waals surface area contributed by atoms with Crippen molar-refractivity contribution in [2.75, 3.05) is 0 Å². The lowest BCUT2D eigenvalue weighted by atomic mass is 9.78. The van der Waals surface area contributed by atoms with Gasteiger partial charge in [-0.25, -0.2) is 0 Å². The van der Waals surface area contributed by atoms with E-state index < -0.39 is 0 Å². The third kappa shape index (κ3) is 4.09. The van der Waals surface area contributed by atoms with Crippen molar-refractivity contribution in [3.63, 3.8) is 0 Å². The van der Waals surface area contributed by atoms with E-state index in [1.54, 1.807) is 0 Å². The molecule has 0 saturated heterocycles. The summed E-state index contributed by atoms with van der Waals surface area (Å²) in [6, 6.07) is 9.41. The van der Waals surface area contributed by atoms with Gasteiger partial charge >= 0.3 is 0 Å². The van der Waals surface area contributed by atoms with E-state index in [0.717, 1.165) is 18.3 Å². The summed E-state index contributed by atoms with van der Waals surface area (Å²) in [6.45, 7) is 9.15. The molecule has 0 spiro atoms. The average molecular weight is 273 g/mol. The Kier molecular flexibility index (Phi) is 4.90. The first-order valence-electron chi connectivity index (χ1n) is 8.21. The predicted molar refractivity (Wildman–Crippen MR) is 87.9 cm³/mol. The topological polar surface area (TPSA) is 26.0 Å². The maximum atomic E-state index is 6.45. The van der Waals surface area contributed by atoms with Crippen molar-refractivity contribution < 1.29 is 0 Å². The van der Waals surface area contributed by atoms with Gasteiger partial charge < -0.3 is 5.73 Å². The zero-order valence-electron chi connectivity index (χ0n) is 13.7. The molecule has 0 radical (unpaired) electrons. The van der Waals surface area contributed by atoms with Gasteiger partial charge in [-0.1, -0.05) is 64.8 Å². The van der Waals surface area contributed by atoms with Gasteiger partial charge in [0.25, 0.3) is 0 Å². The summed E-state index contributed by atoms with van der Waals surface area (Å²) in [4.78, 5) is 0. The van der Waals surface area contributed by atoms with Crippen LogP contribution in [0.4, 0.5) is 0 Å². The molecule has 1 aromatic carbocycles. The molecule has 0 aromatic heterocycles. The molecule has 2 rings (SSSR count). The molecule has 0 amide bonds. The van der Waals surface area contributed by atoms with Crippen molar-refractivity contribution in [3.05, 3.63) is 35.4 Å². The Hall–Kier alpha value is -0.820. The number of hydrogen-bond donors (Lipinski definition) is 1. The molecule has 1 nitrogen and oxygen atoms in total. The number of hydrogen-bond acceptors (Lipinski definition) is 1. The smallest absolute Gasteiger partial charge is 0.0108 e. The maximum absolute atomic E-state index is 6.45. The third-order valence-electron chi connectivity index (χ3n) is 4.96.